The zero-order valence-electron chi connectivity index (χ0n) is 13.5. The fraction of sp³-hybridized carbons (Fsp3) is 0.200. The van der Waals surface area contributed by atoms with E-state index >= 15 is 0 Å². The van der Waals surface area contributed by atoms with Crippen LogP contribution >= 0.6 is 0 Å². The zero-order valence-corrected chi connectivity index (χ0v) is 13.5. The Balaban J connectivity index is 2.26. The van der Waals surface area contributed by atoms with Gasteiger partial charge >= 0.3 is 5.97 Å². The molecule has 0 amide bonds. The highest BCUT2D eigenvalue weighted by molar-refractivity contribution is 5.99. The fourth-order valence-corrected chi connectivity index (χ4v) is 2.90. The van der Waals surface area contributed by atoms with Crippen LogP contribution in [0.15, 0.2) is 53.3 Å². The van der Waals surface area contributed by atoms with Crippen molar-refractivity contribution in [3.63, 3.8) is 0 Å². The van der Waals surface area contributed by atoms with E-state index in [0.717, 1.165) is 24.8 Å². The molecule has 0 aliphatic carbocycles. The number of fused-ring (bicyclic) bond motifs is 1. The molecule has 0 saturated heterocycles. The second-order valence-corrected chi connectivity index (χ2v) is 5.86. The molecule has 2 N–H and O–H groups in total. The minimum atomic E-state index is -1.21. The first-order valence-electron chi connectivity index (χ1n) is 8.09. The number of hydrogen-bond donors (Lipinski definition) is 2. The van der Waals surface area contributed by atoms with Gasteiger partial charge in [0.05, 0.1) is 5.69 Å². The minimum Gasteiger partial charge on any atom is -0.477 e. The monoisotopic (exact) mass is 321 g/mol. The summed E-state index contributed by atoms with van der Waals surface area (Å²) >= 11 is 0. The van der Waals surface area contributed by atoms with E-state index in [1.807, 2.05) is 36.4 Å². The molecule has 1 aromatic heterocycles. The molecule has 0 spiro atoms. The number of nitrogens with one attached hydrogen (secondary N) is 1. The van der Waals surface area contributed by atoms with Gasteiger partial charge in [-0.25, -0.2) is 4.79 Å². The zero-order chi connectivity index (χ0) is 17.1. The van der Waals surface area contributed by atoms with Gasteiger partial charge in [0, 0.05) is 10.9 Å². The van der Waals surface area contributed by atoms with Gasteiger partial charge in [-0.2, -0.15) is 0 Å². The van der Waals surface area contributed by atoms with Crippen LogP contribution in [0.3, 0.4) is 0 Å². The summed E-state index contributed by atoms with van der Waals surface area (Å²) in [5.41, 5.74) is 2.10. The predicted octanol–water partition coefficient (Wildman–Crippen LogP) is 4.24. The predicted molar refractivity (Wildman–Crippen MR) is 95.6 cm³/mol. The normalized spacial score (nSPS) is 10.9. The van der Waals surface area contributed by atoms with Crippen LogP contribution in [0, 0.1) is 0 Å². The molecule has 0 bridgehead atoms. The Kier molecular flexibility index (Phi) is 4.47. The highest BCUT2D eigenvalue weighted by atomic mass is 16.4. The molecule has 122 valence electrons. The van der Waals surface area contributed by atoms with Gasteiger partial charge in [0.1, 0.15) is 5.56 Å². The van der Waals surface area contributed by atoms with Gasteiger partial charge < -0.3 is 10.1 Å². The van der Waals surface area contributed by atoms with Crippen LogP contribution in [-0.4, -0.2) is 16.1 Å². The molecule has 0 unspecified atom stereocenters. The first kappa shape index (κ1) is 16.0. The molecule has 3 aromatic rings. The molecule has 0 aliphatic heterocycles. The van der Waals surface area contributed by atoms with E-state index in [-0.39, 0.29) is 5.56 Å². The van der Waals surface area contributed by atoms with Crippen molar-refractivity contribution in [2.75, 3.05) is 0 Å². The van der Waals surface area contributed by atoms with Crippen molar-refractivity contribution in [3.05, 3.63) is 69.9 Å². The number of pyridine rings is 1. The lowest BCUT2D eigenvalue weighted by Gasteiger charge is -2.10. The Morgan fingerprint density at radius 1 is 1.12 bits per heavy atom. The molecule has 0 atom stereocenters. The van der Waals surface area contributed by atoms with Crippen molar-refractivity contribution < 1.29 is 9.90 Å². The molecule has 0 aliphatic rings. The van der Waals surface area contributed by atoms with E-state index in [1.54, 1.807) is 12.1 Å². The molecule has 3 rings (SSSR count). The quantitative estimate of drug-likeness (QED) is 0.738. The number of aryl methyl sites for hydroxylation is 1. The molecular formula is C20H19NO3. The molecule has 0 fully saturated rings. The lowest BCUT2D eigenvalue weighted by Crippen LogP contribution is -2.18. The summed E-state index contributed by atoms with van der Waals surface area (Å²) in [4.78, 5) is 27.6. The van der Waals surface area contributed by atoms with E-state index in [4.69, 9.17) is 0 Å². The van der Waals surface area contributed by atoms with Crippen LogP contribution in [0.2, 0.25) is 0 Å². The van der Waals surface area contributed by atoms with Crippen LogP contribution in [-0.2, 0) is 6.42 Å². The lowest BCUT2D eigenvalue weighted by molar-refractivity contribution is 0.0696. The summed E-state index contributed by atoms with van der Waals surface area (Å²) in [6.45, 7) is 2.11. The van der Waals surface area contributed by atoms with Crippen LogP contribution in [0.1, 0.15) is 35.7 Å². The van der Waals surface area contributed by atoms with Crippen molar-refractivity contribution in [2.45, 2.75) is 26.2 Å². The largest absolute Gasteiger partial charge is 0.477 e. The number of carbonyl (C=O) groups is 1. The average Bonchev–Trinajstić information content (AvgIpc) is 2.60. The second-order valence-electron chi connectivity index (χ2n) is 5.86. The number of aromatic nitrogens is 1. The minimum absolute atomic E-state index is 0.207. The number of carboxylic acids is 1. The van der Waals surface area contributed by atoms with E-state index in [1.165, 1.54) is 0 Å². The van der Waals surface area contributed by atoms with Crippen LogP contribution in [0.4, 0.5) is 0 Å². The third kappa shape index (κ3) is 2.95. The Morgan fingerprint density at radius 2 is 1.88 bits per heavy atom. The van der Waals surface area contributed by atoms with E-state index in [9.17, 15) is 14.7 Å². The SMILES string of the molecule is CCCCc1ccc2[nH]c(-c3ccccc3)c(C(=O)O)c(=O)c2c1. The van der Waals surface area contributed by atoms with Gasteiger partial charge in [-0.05, 0) is 36.1 Å². The van der Waals surface area contributed by atoms with Crippen molar-refractivity contribution in [1.82, 2.24) is 4.98 Å². The number of carboxylic acid groups (broad SMARTS) is 1. The Bertz CT molecular complexity index is 942. The summed E-state index contributed by atoms with van der Waals surface area (Å²) in [6.07, 6.45) is 2.99. The van der Waals surface area contributed by atoms with Crippen molar-refractivity contribution >= 4 is 16.9 Å². The number of unbranched alkanes of at least 4 members (excludes halogenated alkanes) is 1. The molecule has 1 heterocycles. The van der Waals surface area contributed by atoms with Crippen molar-refractivity contribution in [1.29, 1.82) is 0 Å². The highest BCUT2D eigenvalue weighted by Gasteiger charge is 2.19. The average molecular weight is 321 g/mol. The highest BCUT2D eigenvalue weighted by Crippen LogP contribution is 2.23. The molecule has 24 heavy (non-hydrogen) atoms. The summed E-state index contributed by atoms with van der Waals surface area (Å²) in [7, 11) is 0. The van der Waals surface area contributed by atoms with Gasteiger partial charge in [0.25, 0.3) is 0 Å². The lowest BCUT2D eigenvalue weighted by atomic mass is 10.0. The Hall–Kier alpha value is -2.88. The van der Waals surface area contributed by atoms with Gasteiger partial charge in [-0.3, -0.25) is 4.79 Å². The number of benzene rings is 2. The first-order chi connectivity index (χ1) is 11.6. The van der Waals surface area contributed by atoms with Crippen LogP contribution < -0.4 is 5.43 Å². The molecule has 0 saturated carbocycles. The molecule has 4 heteroatoms. The second kappa shape index (κ2) is 6.71. The topological polar surface area (TPSA) is 70.2 Å². The summed E-state index contributed by atoms with van der Waals surface area (Å²) < 4.78 is 0. The third-order valence-corrected chi connectivity index (χ3v) is 4.16. The molecular weight excluding hydrogens is 302 g/mol. The molecule has 0 radical (unpaired) electrons. The Morgan fingerprint density at radius 3 is 2.54 bits per heavy atom. The van der Waals surface area contributed by atoms with Gasteiger partial charge in [0.15, 0.2) is 0 Å². The standard InChI is InChI=1S/C20H19NO3/c1-2-3-7-13-10-11-16-15(12-13)19(22)17(20(23)24)18(21-16)14-8-5-4-6-9-14/h4-6,8-12H,2-3,7H2,1H3,(H,21,22)(H,23,24). The number of H-pyrrole nitrogens is 1. The van der Waals surface area contributed by atoms with Gasteiger partial charge in [-0.15, -0.1) is 0 Å². The maximum Gasteiger partial charge on any atom is 0.341 e. The van der Waals surface area contributed by atoms with Gasteiger partial charge in [0.2, 0.25) is 5.43 Å². The van der Waals surface area contributed by atoms with E-state index in [0.29, 0.717) is 22.2 Å². The molecule has 2 aromatic carbocycles. The van der Waals surface area contributed by atoms with Crippen LogP contribution in [0.25, 0.3) is 22.2 Å². The van der Waals surface area contributed by atoms with Crippen LogP contribution in [0.5, 0.6) is 0 Å². The number of hydrogen-bond acceptors (Lipinski definition) is 2. The number of aromatic amines is 1. The number of aromatic carboxylic acids is 1. The van der Waals surface area contributed by atoms with E-state index in [2.05, 4.69) is 11.9 Å². The molecule has 4 nitrogen and oxygen atoms in total. The number of rotatable bonds is 5. The third-order valence-electron chi connectivity index (χ3n) is 4.16. The first-order valence-corrected chi connectivity index (χ1v) is 8.09. The summed E-state index contributed by atoms with van der Waals surface area (Å²) in [5.74, 6) is -1.21. The van der Waals surface area contributed by atoms with E-state index < -0.39 is 11.4 Å². The summed E-state index contributed by atoms with van der Waals surface area (Å²) in [5, 5.41) is 9.99. The summed E-state index contributed by atoms with van der Waals surface area (Å²) in [6, 6.07) is 14.7. The maximum atomic E-state index is 12.8. The van der Waals surface area contributed by atoms with Gasteiger partial charge in [-0.1, -0.05) is 49.7 Å². The van der Waals surface area contributed by atoms with Crippen molar-refractivity contribution in [3.8, 4) is 11.3 Å². The fourth-order valence-electron chi connectivity index (χ4n) is 2.90. The van der Waals surface area contributed by atoms with Crippen molar-refractivity contribution in [2.24, 2.45) is 0 Å². The smallest absolute Gasteiger partial charge is 0.341 e. The maximum absolute atomic E-state index is 12.8. The Labute approximate surface area is 139 Å².